The van der Waals surface area contributed by atoms with E-state index < -0.39 is 6.09 Å². The van der Waals surface area contributed by atoms with Gasteiger partial charge in [-0.15, -0.1) is 0 Å². The van der Waals surface area contributed by atoms with Crippen molar-refractivity contribution in [2.45, 2.75) is 38.1 Å². The molecule has 2 amide bonds. The summed E-state index contributed by atoms with van der Waals surface area (Å²) in [6, 6.07) is 13.4. The predicted molar refractivity (Wildman–Crippen MR) is 124 cm³/mol. The Bertz CT molecular complexity index is 1010. The van der Waals surface area contributed by atoms with E-state index in [-0.39, 0.29) is 31.1 Å². The number of nitrogens with zero attached hydrogens (tertiary/aromatic N) is 1. The highest BCUT2D eigenvalue weighted by atomic mass is 16.5. The van der Waals surface area contributed by atoms with Crippen LogP contribution in [0.4, 0.5) is 4.79 Å². The van der Waals surface area contributed by atoms with E-state index in [1.165, 1.54) is 12.0 Å². The number of benzene rings is 2. The first-order chi connectivity index (χ1) is 16.0. The Kier molecular flexibility index (Phi) is 8.69. The van der Waals surface area contributed by atoms with Crippen molar-refractivity contribution in [3.8, 4) is 5.75 Å². The van der Waals surface area contributed by atoms with E-state index in [9.17, 15) is 14.4 Å². The van der Waals surface area contributed by atoms with Crippen molar-refractivity contribution in [3.05, 3.63) is 54.1 Å². The van der Waals surface area contributed by atoms with Crippen LogP contribution in [0.2, 0.25) is 0 Å². The first kappa shape index (κ1) is 24.1. The summed E-state index contributed by atoms with van der Waals surface area (Å²) < 4.78 is 10.7. The normalized spacial score (nSPS) is 16.0. The summed E-state index contributed by atoms with van der Waals surface area (Å²) in [6.45, 7) is 0.767. The smallest absolute Gasteiger partial charge is 0.407 e. The molecule has 2 aromatic rings. The van der Waals surface area contributed by atoms with Gasteiger partial charge >= 0.3 is 12.1 Å². The van der Waals surface area contributed by atoms with Gasteiger partial charge in [0.2, 0.25) is 0 Å². The van der Waals surface area contributed by atoms with Crippen LogP contribution in [0.1, 0.15) is 32.1 Å². The lowest BCUT2D eigenvalue weighted by molar-refractivity contribution is -0.140. The minimum atomic E-state index is -0.979. The van der Waals surface area contributed by atoms with Gasteiger partial charge in [-0.25, -0.2) is 4.79 Å². The summed E-state index contributed by atoms with van der Waals surface area (Å²) in [4.78, 5) is 36.7. The molecule has 176 valence electrons. The number of rotatable bonds is 10. The second-order valence-corrected chi connectivity index (χ2v) is 8.00. The Morgan fingerprint density at radius 1 is 1.15 bits per heavy atom. The lowest BCUT2D eigenvalue weighted by atomic mass is 10.1. The van der Waals surface area contributed by atoms with Crippen LogP contribution in [0.25, 0.3) is 10.8 Å². The number of carbonyl (C=O) groups excluding carboxylic acids is 2. The second-order valence-electron chi connectivity index (χ2n) is 8.00. The molecule has 2 aromatic carbocycles. The molecule has 0 saturated carbocycles. The van der Waals surface area contributed by atoms with Crippen molar-refractivity contribution in [1.29, 1.82) is 0 Å². The van der Waals surface area contributed by atoms with Crippen LogP contribution in [-0.2, 0) is 14.3 Å². The van der Waals surface area contributed by atoms with Crippen LogP contribution in [0.3, 0.4) is 0 Å². The van der Waals surface area contributed by atoms with Crippen molar-refractivity contribution in [2.24, 2.45) is 0 Å². The van der Waals surface area contributed by atoms with E-state index in [1.54, 1.807) is 0 Å². The maximum Gasteiger partial charge on any atom is 0.407 e. The Labute approximate surface area is 193 Å². The lowest BCUT2D eigenvalue weighted by Gasteiger charge is -2.16. The SMILES string of the molecule is COC(=O)CCCCC=C(COc1cccc2ccccc12)C(=O)NC1CCN(C(=O)O)C1. The monoisotopic (exact) mass is 454 g/mol. The zero-order valence-corrected chi connectivity index (χ0v) is 18.8. The van der Waals surface area contributed by atoms with E-state index >= 15 is 0 Å². The third-order valence-electron chi connectivity index (χ3n) is 5.67. The molecule has 0 radical (unpaired) electrons. The molecule has 0 aliphatic carbocycles. The van der Waals surface area contributed by atoms with Crippen molar-refractivity contribution in [2.75, 3.05) is 26.8 Å². The van der Waals surface area contributed by atoms with Gasteiger partial charge in [-0.2, -0.15) is 0 Å². The highest BCUT2D eigenvalue weighted by Gasteiger charge is 2.27. The number of carbonyl (C=O) groups is 3. The average Bonchev–Trinajstić information content (AvgIpc) is 3.29. The molecule has 8 nitrogen and oxygen atoms in total. The van der Waals surface area contributed by atoms with Crippen LogP contribution in [0.15, 0.2) is 54.1 Å². The number of ether oxygens (including phenoxy) is 2. The molecule has 3 rings (SSSR count). The van der Waals surface area contributed by atoms with Crippen molar-refractivity contribution in [3.63, 3.8) is 0 Å². The Balaban J connectivity index is 1.65. The molecular weight excluding hydrogens is 424 g/mol. The summed E-state index contributed by atoms with van der Waals surface area (Å²) in [7, 11) is 1.36. The molecule has 1 fully saturated rings. The summed E-state index contributed by atoms with van der Waals surface area (Å²) >= 11 is 0. The first-order valence-electron chi connectivity index (χ1n) is 11.1. The molecule has 0 spiro atoms. The number of allylic oxidation sites excluding steroid dienone is 1. The average molecular weight is 455 g/mol. The number of hydrogen-bond donors (Lipinski definition) is 2. The summed E-state index contributed by atoms with van der Waals surface area (Å²) in [5, 5.41) is 14.1. The van der Waals surface area contributed by atoms with Gasteiger partial charge in [0.15, 0.2) is 0 Å². The van der Waals surface area contributed by atoms with E-state index in [0.29, 0.717) is 43.6 Å². The standard InChI is InChI=1S/C25H30N2O6/c1-32-23(28)13-4-2-3-9-19(24(29)26-20-14-15-27(16-20)25(30)31)17-33-22-12-7-10-18-8-5-6-11-21(18)22/h5-12,20H,2-4,13-17H2,1H3,(H,26,29)(H,30,31). The quantitative estimate of drug-likeness (QED) is 0.322. The number of carboxylic acid groups (broad SMARTS) is 1. The fourth-order valence-corrected chi connectivity index (χ4v) is 3.82. The zero-order valence-electron chi connectivity index (χ0n) is 18.8. The van der Waals surface area contributed by atoms with Crippen molar-refractivity contribution < 1.29 is 29.0 Å². The van der Waals surface area contributed by atoms with E-state index in [4.69, 9.17) is 9.84 Å². The molecule has 1 unspecified atom stereocenters. The lowest BCUT2D eigenvalue weighted by Crippen LogP contribution is -2.39. The van der Waals surface area contributed by atoms with E-state index in [1.807, 2.05) is 48.5 Å². The zero-order chi connectivity index (χ0) is 23.6. The molecule has 1 saturated heterocycles. The van der Waals surface area contributed by atoms with Gasteiger partial charge in [0.1, 0.15) is 12.4 Å². The maximum absolute atomic E-state index is 13.0. The Morgan fingerprint density at radius 3 is 2.70 bits per heavy atom. The highest BCUT2D eigenvalue weighted by Crippen LogP contribution is 2.25. The van der Waals surface area contributed by atoms with Crippen LogP contribution >= 0.6 is 0 Å². The minimum Gasteiger partial charge on any atom is -0.488 e. The fourth-order valence-electron chi connectivity index (χ4n) is 3.82. The van der Waals surface area contributed by atoms with Gasteiger partial charge in [0, 0.05) is 30.9 Å². The van der Waals surface area contributed by atoms with Crippen LogP contribution in [0.5, 0.6) is 5.75 Å². The number of esters is 1. The number of methoxy groups -OCH3 is 1. The molecule has 1 heterocycles. The minimum absolute atomic E-state index is 0.0895. The molecule has 1 atom stereocenters. The summed E-state index contributed by atoms with van der Waals surface area (Å²) in [5.74, 6) is 0.177. The maximum atomic E-state index is 13.0. The van der Waals surface area contributed by atoms with E-state index in [2.05, 4.69) is 10.1 Å². The fraction of sp³-hybridized carbons (Fsp3) is 0.400. The van der Waals surface area contributed by atoms with Crippen LogP contribution in [-0.4, -0.2) is 60.8 Å². The third-order valence-corrected chi connectivity index (χ3v) is 5.67. The van der Waals surface area contributed by atoms with Crippen LogP contribution in [0, 0.1) is 0 Å². The number of nitrogens with one attached hydrogen (secondary N) is 1. The molecule has 1 aliphatic heterocycles. The molecule has 8 heteroatoms. The molecule has 0 bridgehead atoms. The Morgan fingerprint density at radius 2 is 1.94 bits per heavy atom. The van der Waals surface area contributed by atoms with Crippen LogP contribution < -0.4 is 10.1 Å². The number of unbranched alkanes of at least 4 members (excludes halogenated alkanes) is 2. The van der Waals surface area contributed by atoms with Gasteiger partial charge in [-0.05, 0) is 37.1 Å². The van der Waals surface area contributed by atoms with Gasteiger partial charge in [0.05, 0.1) is 12.7 Å². The summed E-state index contributed by atoms with van der Waals surface area (Å²) in [6.07, 6.45) is 3.79. The Hall–Kier alpha value is -3.55. The number of amides is 2. The molecule has 0 aromatic heterocycles. The predicted octanol–water partition coefficient (Wildman–Crippen LogP) is 3.75. The molecular formula is C25H30N2O6. The largest absolute Gasteiger partial charge is 0.488 e. The van der Waals surface area contributed by atoms with Crippen molar-refractivity contribution >= 4 is 28.7 Å². The van der Waals surface area contributed by atoms with Gasteiger partial charge in [-0.3, -0.25) is 9.59 Å². The van der Waals surface area contributed by atoms with Gasteiger partial charge in [-0.1, -0.05) is 42.5 Å². The number of likely N-dealkylation sites (tertiary alicyclic amines) is 1. The highest BCUT2D eigenvalue weighted by molar-refractivity contribution is 5.94. The van der Waals surface area contributed by atoms with E-state index in [0.717, 1.165) is 17.2 Å². The van der Waals surface area contributed by atoms with Gasteiger partial charge < -0.3 is 24.8 Å². The van der Waals surface area contributed by atoms with Crippen molar-refractivity contribution in [1.82, 2.24) is 10.2 Å². The molecule has 33 heavy (non-hydrogen) atoms. The molecule has 2 N–H and O–H groups in total. The number of fused-ring (bicyclic) bond motifs is 1. The second kappa shape index (κ2) is 11.9. The third kappa shape index (κ3) is 6.97. The summed E-state index contributed by atoms with van der Waals surface area (Å²) in [5.41, 5.74) is 0.481. The number of hydrogen-bond acceptors (Lipinski definition) is 5. The molecule has 1 aliphatic rings. The first-order valence-corrected chi connectivity index (χ1v) is 11.1. The van der Waals surface area contributed by atoms with Gasteiger partial charge in [0.25, 0.3) is 5.91 Å². The topological polar surface area (TPSA) is 105 Å².